The molecule has 0 atom stereocenters. The van der Waals surface area contributed by atoms with Crippen LogP contribution in [0.2, 0.25) is 0 Å². The molecule has 0 radical (unpaired) electrons. The number of aromatic nitrogens is 1. The largest absolute Gasteiger partial charge is 0.487 e. The van der Waals surface area contributed by atoms with Gasteiger partial charge in [0.2, 0.25) is 10.0 Å². The Morgan fingerprint density at radius 2 is 1.88 bits per heavy atom. The van der Waals surface area contributed by atoms with E-state index < -0.39 is 28.7 Å². The molecule has 1 aromatic heterocycles. The van der Waals surface area contributed by atoms with Gasteiger partial charge in [0.15, 0.2) is 0 Å². The summed E-state index contributed by atoms with van der Waals surface area (Å²) < 4.78 is 67.7. The van der Waals surface area contributed by atoms with E-state index >= 15 is 0 Å². The average molecular weight is 486 g/mol. The van der Waals surface area contributed by atoms with Crippen molar-refractivity contribution in [3.8, 4) is 5.75 Å². The van der Waals surface area contributed by atoms with Gasteiger partial charge in [-0.15, -0.1) is 11.3 Å². The SMILES string of the molecule is Cc1nc(COc2cccc(C(=O)Nc3ccc(S(=O)(=O)NCC(F)(F)F)cc3)c2)cs1. The molecule has 0 aliphatic rings. The van der Waals surface area contributed by atoms with Gasteiger partial charge in [0.1, 0.15) is 18.9 Å². The van der Waals surface area contributed by atoms with E-state index in [1.807, 2.05) is 12.3 Å². The number of sulfonamides is 1. The molecule has 1 heterocycles. The van der Waals surface area contributed by atoms with Crippen molar-refractivity contribution in [2.45, 2.75) is 24.6 Å². The Hall–Kier alpha value is -2.96. The van der Waals surface area contributed by atoms with Gasteiger partial charge in [-0.1, -0.05) is 6.07 Å². The normalized spacial score (nSPS) is 11.9. The van der Waals surface area contributed by atoms with Crippen LogP contribution in [-0.4, -0.2) is 32.0 Å². The summed E-state index contributed by atoms with van der Waals surface area (Å²) in [5.41, 5.74) is 1.36. The molecule has 0 saturated carbocycles. The maximum Gasteiger partial charge on any atom is 0.402 e. The Balaban J connectivity index is 1.62. The van der Waals surface area contributed by atoms with Crippen molar-refractivity contribution in [2.75, 3.05) is 11.9 Å². The first-order valence-corrected chi connectivity index (χ1v) is 11.5. The highest BCUT2D eigenvalue weighted by Crippen LogP contribution is 2.20. The number of ether oxygens (including phenoxy) is 1. The summed E-state index contributed by atoms with van der Waals surface area (Å²) in [6.45, 7) is 0.474. The fraction of sp³-hybridized carbons (Fsp3) is 0.200. The summed E-state index contributed by atoms with van der Waals surface area (Å²) in [6, 6.07) is 11.2. The minimum Gasteiger partial charge on any atom is -0.487 e. The second-order valence-corrected chi connectivity index (χ2v) is 9.42. The van der Waals surface area contributed by atoms with Crippen molar-refractivity contribution < 1.29 is 31.1 Å². The number of carbonyl (C=O) groups is 1. The van der Waals surface area contributed by atoms with Crippen molar-refractivity contribution in [1.29, 1.82) is 0 Å². The first-order valence-electron chi connectivity index (χ1n) is 9.13. The highest BCUT2D eigenvalue weighted by Gasteiger charge is 2.30. The summed E-state index contributed by atoms with van der Waals surface area (Å²) in [4.78, 5) is 16.4. The quantitative estimate of drug-likeness (QED) is 0.500. The molecule has 0 bridgehead atoms. The highest BCUT2D eigenvalue weighted by atomic mass is 32.2. The van der Waals surface area contributed by atoms with E-state index in [2.05, 4.69) is 10.3 Å². The number of hydrogen-bond acceptors (Lipinski definition) is 6. The molecule has 3 rings (SSSR count). The lowest BCUT2D eigenvalue weighted by Gasteiger charge is -2.11. The van der Waals surface area contributed by atoms with Crippen molar-refractivity contribution in [3.63, 3.8) is 0 Å². The Morgan fingerprint density at radius 3 is 2.50 bits per heavy atom. The van der Waals surface area contributed by atoms with E-state index in [4.69, 9.17) is 4.74 Å². The number of aryl methyl sites for hydroxylation is 1. The van der Waals surface area contributed by atoms with Crippen LogP contribution in [0.3, 0.4) is 0 Å². The summed E-state index contributed by atoms with van der Waals surface area (Å²) >= 11 is 1.51. The minimum absolute atomic E-state index is 0.258. The van der Waals surface area contributed by atoms with E-state index in [0.717, 1.165) is 22.8 Å². The fourth-order valence-electron chi connectivity index (χ4n) is 2.54. The van der Waals surface area contributed by atoms with Gasteiger partial charge in [0.05, 0.1) is 15.6 Å². The number of carbonyl (C=O) groups excluding carboxylic acids is 1. The van der Waals surface area contributed by atoms with Crippen LogP contribution >= 0.6 is 11.3 Å². The summed E-state index contributed by atoms with van der Waals surface area (Å²) in [5, 5.41) is 5.40. The molecule has 0 aliphatic heterocycles. The van der Waals surface area contributed by atoms with Crippen LogP contribution in [0.5, 0.6) is 5.75 Å². The number of amides is 1. The second kappa shape index (κ2) is 9.67. The maximum absolute atomic E-state index is 12.5. The number of alkyl halides is 3. The van der Waals surface area contributed by atoms with Crippen molar-refractivity contribution in [3.05, 3.63) is 70.2 Å². The third kappa shape index (κ3) is 6.77. The molecule has 0 saturated heterocycles. The predicted molar refractivity (Wildman–Crippen MR) is 113 cm³/mol. The van der Waals surface area contributed by atoms with Crippen molar-refractivity contribution in [2.24, 2.45) is 0 Å². The molecule has 0 unspecified atom stereocenters. The topological polar surface area (TPSA) is 97.4 Å². The van der Waals surface area contributed by atoms with Gasteiger partial charge in [-0.3, -0.25) is 4.79 Å². The molecule has 32 heavy (non-hydrogen) atoms. The lowest BCUT2D eigenvalue weighted by molar-refractivity contribution is -0.121. The van der Waals surface area contributed by atoms with Crippen LogP contribution < -0.4 is 14.8 Å². The molecule has 0 spiro atoms. The monoisotopic (exact) mass is 485 g/mol. The molecule has 2 aromatic carbocycles. The molecule has 12 heteroatoms. The Kier molecular flexibility index (Phi) is 7.16. The van der Waals surface area contributed by atoms with Gasteiger partial charge < -0.3 is 10.1 Å². The van der Waals surface area contributed by atoms with Crippen molar-refractivity contribution in [1.82, 2.24) is 9.71 Å². The first kappa shape index (κ1) is 23.7. The van der Waals surface area contributed by atoms with E-state index in [1.165, 1.54) is 28.2 Å². The van der Waals surface area contributed by atoms with Gasteiger partial charge in [0.25, 0.3) is 5.91 Å². The Bertz CT molecular complexity index is 1190. The molecule has 7 nitrogen and oxygen atoms in total. The molecule has 2 N–H and O–H groups in total. The number of nitrogens with one attached hydrogen (secondary N) is 2. The summed E-state index contributed by atoms with van der Waals surface area (Å²) in [7, 11) is -4.33. The third-order valence-electron chi connectivity index (χ3n) is 4.03. The maximum atomic E-state index is 12.5. The zero-order valence-electron chi connectivity index (χ0n) is 16.6. The van der Waals surface area contributed by atoms with E-state index in [0.29, 0.717) is 11.3 Å². The van der Waals surface area contributed by atoms with E-state index in [9.17, 15) is 26.4 Å². The van der Waals surface area contributed by atoms with Gasteiger partial charge in [-0.2, -0.15) is 13.2 Å². The van der Waals surface area contributed by atoms with Gasteiger partial charge in [-0.05, 0) is 49.4 Å². The smallest absolute Gasteiger partial charge is 0.402 e. The molecule has 0 aliphatic carbocycles. The molecular formula is C20H18F3N3O4S2. The highest BCUT2D eigenvalue weighted by molar-refractivity contribution is 7.89. The minimum atomic E-state index is -4.67. The Morgan fingerprint density at radius 1 is 1.16 bits per heavy atom. The fourth-order valence-corrected chi connectivity index (χ4v) is 4.15. The zero-order valence-corrected chi connectivity index (χ0v) is 18.3. The second-order valence-electron chi connectivity index (χ2n) is 6.59. The van der Waals surface area contributed by atoms with Crippen LogP contribution in [0.15, 0.2) is 58.8 Å². The lowest BCUT2D eigenvalue weighted by Crippen LogP contribution is -2.33. The predicted octanol–water partition coefficient (Wildman–Crippen LogP) is 4.12. The summed E-state index contributed by atoms with van der Waals surface area (Å²) in [5.74, 6) is 0.00578. The van der Waals surface area contributed by atoms with Crippen LogP contribution in [0.25, 0.3) is 0 Å². The van der Waals surface area contributed by atoms with E-state index in [1.54, 1.807) is 24.3 Å². The molecule has 1 amide bonds. The molecule has 170 valence electrons. The van der Waals surface area contributed by atoms with Gasteiger partial charge in [-0.25, -0.2) is 18.1 Å². The molecular weight excluding hydrogens is 467 g/mol. The van der Waals surface area contributed by atoms with Gasteiger partial charge in [0, 0.05) is 16.6 Å². The average Bonchev–Trinajstić information content (AvgIpc) is 3.16. The van der Waals surface area contributed by atoms with E-state index in [-0.39, 0.29) is 17.2 Å². The Labute approximate surface area is 186 Å². The zero-order chi connectivity index (χ0) is 23.4. The molecule has 3 aromatic rings. The number of halogens is 3. The number of benzene rings is 2. The number of hydrogen-bond donors (Lipinski definition) is 2. The first-order chi connectivity index (χ1) is 15.0. The number of rotatable bonds is 8. The van der Waals surface area contributed by atoms with Crippen LogP contribution in [0, 0.1) is 6.92 Å². The third-order valence-corrected chi connectivity index (χ3v) is 6.27. The number of thiazole rings is 1. The van der Waals surface area contributed by atoms with Crippen LogP contribution in [0.4, 0.5) is 18.9 Å². The standard InChI is InChI=1S/C20H18F3N3O4S2/c1-13-25-16(11-31-13)10-30-17-4-2-3-14(9-17)19(27)26-15-5-7-18(8-6-15)32(28,29)24-12-20(21,22)23/h2-9,11,24H,10,12H2,1H3,(H,26,27). The van der Waals surface area contributed by atoms with Crippen molar-refractivity contribution >= 4 is 33.0 Å². The number of anilines is 1. The lowest BCUT2D eigenvalue weighted by atomic mass is 10.2. The number of nitrogens with zero attached hydrogens (tertiary/aromatic N) is 1. The van der Waals surface area contributed by atoms with Crippen LogP contribution in [0.1, 0.15) is 21.1 Å². The van der Waals surface area contributed by atoms with Gasteiger partial charge >= 0.3 is 6.18 Å². The summed E-state index contributed by atoms with van der Waals surface area (Å²) in [6.07, 6.45) is -4.67. The molecule has 0 fully saturated rings. The van der Waals surface area contributed by atoms with Crippen LogP contribution in [-0.2, 0) is 16.6 Å².